The first-order valence-corrected chi connectivity index (χ1v) is 8.22. The van der Waals surface area contributed by atoms with Crippen molar-refractivity contribution in [2.75, 3.05) is 11.9 Å². The summed E-state index contributed by atoms with van der Waals surface area (Å²) in [6, 6.07) is 13.0. The topological polar surface area (TPSA) is 81.7 Å². The Balaban J connectivity index is 1.82. The highest BCUT2D eigenvalue weighted by Crippen LogP contribution is 2.15. The van der Waals surface area contributed by atoms with Gasteiger partial charge in [-0.15, -0.1) is 0 Å². The molecule has 6 nitrogen and oxygen atoms in total. The lowest BCUT2D eigenvalue weighted by molar-refractivity contribution is -0.155. The van der Waals surface area contributed by atoms with Crippen LogP contribution in [0.5, 0.6) is 5.75 Å². The Morgan fingerprint density at radius 1 is 1.12 bits per heavy atom. The molecule has 7 heteroatoms. The fourth-order valence-corrected chi connectivity index (χ4v) is 2.13. The normalized spacial score (nSPS) is 11.3. The second-order valence-electron chi connectivity index (χ2n) is 5.50. The van der Waals surface area contributed by atoms with Crippen molar-refractivity contribution >= 4 is 34.9 Å². The van der Waals surface area contributed by atoms with E-state index in [9.17, 15) is 14.4 Å². The molecule has 2 aromatic carbocycles. The van der Waals surface area contributed by atoms with Crippen LogP contribution in [0.15, 0.2) is 48.5 Å². The van der Waals surface area contributed by atoms with Crippen LogP contribution in [0.2, 0.25) is 5.02 Å². The van der Waals surface area contributed by atoms with Crippen molar-refractivity contribution in [3.8, 4) is 5.75 Å². The zero-order valence-corrected chi connectivity index (χ0v) is 15.1. The minimum atomic E-state index is -0.995. The summed E-state index contributed by atoms with van der Waals surface area (Å²) in [6.07, 6.45) is -0.995. The van der Waals surface area contributed by atoms with Gasteiger partial charge in [-0.25, -0.2) is 4.79 Å². The lowest BCUT2D eigenvalue weighted by Gasteiger charge is -2.14. The molecule has 1 amide bonds. The molecule has 0 spiro atoms. The van der Waals surface area contributed by atoms with E-state index in [2.05, 4.69) is 5.32 Å². The van der Waals surface area contributed by atoms with Gasteiger partial charge in [0.2, 0.25) is 0 Å². The van der Waals surface area contributed by atoms with E-state index >= 15 is 0 Å². The molecule has 2 rings (SSSR count). The van der Waals surface area contributed by atoms with Crippen LogP contribution < -0.4 is 10.1 Å². The molecular formula is C19H18ClNO5. The smallest absolute Gasteiger partial charge is 0.344 e. The van der Waals surface area contributed by atoms with Crippen molar-refractivity contribution in [1.29, 1.82) is 0 Å². The SMILES string of the molecule is CC(=O)c1cccc(OCC(=O)O[C@H](C)C(=O)Nc2ccc(Cl)cc2)c1. The van der Waals surface area contributed by atoms with Crippen molar-refractivity contribution in [2.24, 2.45) is 0 Å². The van der Waals surface area contributed by atoms with Gasteiger partial charge in [0.1, 0.15) is 5.75 Å². The molecule has 136 valence electrons. The van der Waals surface area contributed by atoms with Gasteiger partial charge in [-0.1, -0.05) is 23.7 Å². The number of benzene rings is 2. The van der Waals surface area contributed by atoms with Gasteiger partial charge in [-0.05, 0) is 50.2 Å². The Morgan fingerprint density at radius 3 is 2.46 bits per heavy atom. The van der Waals surface area contributed by atoms with E-state index in [0.717, 1.165) is 0 Å². The average Bonchev–Trinajstić information content (AvgIpc) is 2.62. The molecule has 0 heterocycles. The Kier molecular flexibility index (Phi) is 6.74. The van der Waals surface area contributed by atoms with Gasteiger partial charge < -0.3 is 14.8 Å². The molecule has 0 saturated heterocycles. The van der Waals surface area contributed by atoms with Gasteiger partial charge >= 0.3 is 5.97 Å². The summed E-state index contributed by atoms with van der Waals surface area (Å²) < 4.78 is 10.3. The van der Waals surface area contributed by atoms with Gasteiger partial charge in [-0.2, -0.15) is 0 Å². The number of ketones is 1. The first-order chi connectivity index (χ1) is 12.3. The monoisotopic (exact) mass is 375 g/mol. The summed E-state index contributed by atoms with van der Waals surface area (Å²) in [6.45, 7) is 2.52. The van der Waals surface area contributed by atoms with Gasteiger partial charge in [0.05, 0.1) is 0 Å². The minimum Gasteiger partial charge on any atom is -0.482 e. The van der Waals surface area contributed by atoms with Crippen molar-refractivity contribution in [2.45, 2.75) is 20.0 Å². The molecule has 0 fully saturated rings. The quantitative estimate of drug-likeness (QED) is 0.591. The highest BCUT2D eigenvalue weighted by Gasteiger charge is 2.18. The highest BCUT2D eigenvalue weighted by atomic mass is 35.5. The predicted molar refractivity (Wildman–Crippen MR) is 97.6 cm³/mol. The molecule has 0 aliphatic heterocycles. The van der Waals surface area contributed by atoms with Crippen molar-refractivity contribution in [3.63, 3.8) is 0 Å². The van der Waals surface area contributed by atoms with E-state index in [-0.39, 0.29) is 12.4 Å². The molecule has 0 aliphatic rings. The van der Waals surface area contributed by atoms with Crippen molar-refractivity contribution in [1.82, 2.24) is 0 Å². The Morgan fingerprint density at radius 2 is 1.81 bits per heavy atom. The third-order valence-corrected chi connectivity index (χ3v) is 3.64. The molecule has 1 atom stereocenters. The zero-order chi connectivity index (χ0) is 19.1. The van der Waals surface area contributed by atoms with E-state index in [1.54, 1.807) is 42.5 Å². The standard InChI is InChI=1S/C19H18ClNO5/c1-12(22)14-4-3-5-17(10-14)25-11-18(23)26-13(2)19(24)21-16-8-6-15(20)7-9-16/h3-10,13H,11H2,1-2H3,(H,21,24)/t13-/m1/s1. The second-order valence-corrected chi connectivity index (χ2v) is 5.94. The Hall–Kier alpha value is -2.86. The Labute approximate surface area is 156 Å². The molecule has 0 unspecified atom stereocenters. The number of nitrogens with one attached hydrogen (secondary N) is 1. The van der Waals surface area contributed by atoms with Crippen LogP contribution >= 0.6 is 11.6 Å². The van der Waals surface area contributed by atoms with Gasteiger partial charge in [0.25, 0.3) is 5.91 Å². The van der Waals surface area contributed by atoms with E-state index < -0.39 is 18.0 Å². The predicted octanol–water partition coefficient (Wildman–Crippen LogP) is 3.49. The number of hydrogen-bond donors (Lipinski definition) is 1. The van der Waals surface area contributed by atoms with Crippen LogP contribution in [0.3, 0.4) is 0 Å². The molecule has 2 aromatic rings. The molecule has 1 N–H and O–H groups in total. The van der Waals surface area contributed by atoms with Crippen LogP contribution in [0.4, 0.5) is 5.69 Å². The maximum absolute atomic E-state index is 12.0. The van der Waals surface area contributed by atoms with E-state index in [1.165, 1.54) is 19.9 Å². The third kappa shape index (κ3) is 5.89. The number of anilines is 1. The molecule has 0 aromatic heterocycles. The first kappa shape index (κ1) is 19.5. The fourth-order valence-electron chi connectivity index (χ4n) is 2.01. The third-order valence-electron chi connectivity index (χ3n) is 3.39. The summed E-state index contributed by atoms with van der Waals surface area (Å²) in [5, 5.41) is 3.16. The van der Waals surface area contributed by atoms with E-state index in [4.69, 9.17) is 21.1 Å². The number of carbonyl (C=O) groups excluding carboxylic acids is 3. The maximum atomic E-state index is 12.0. The molecule has 0 saturated carbocycles. The largest absolute Gasteiger partial charge is 0.482 e. The number of hydrogen-bond acceptors (Lipinski definition) is 5. The fraction of sp³-hybridized carbons (Fsp3) is 0.211. The number of halogens is 1. The number of amides is 1. The van der Waals surface area contributed by atoms with Crippen LogP contribution in [-0.4, -0.2) is 30.4 Å². The van der Waals surface area contributed by atoms with Gasteiger partial charge in [0, 0.05) is 16.3 Å². The zero-order valence-electron chi connectivity index (χ0n) is 14.3. The van der Waals surface area contributed by atoms with Crippen LogP contribution in [-0.2, 0) is 14.3 Å². The minimum absolute atomic E-state index is 0.106. The summed E-state index contributed by atoms with van der Waals surface area (Å²) in [5.41, 5.74) is 1.02. The summed E-state index contributed by atoms with van der Waals surface area (Å²) in [5.74, 6) is -0.908. The second kappa shape index (κ2) is 9.01. The maximum Gasteiger partial charge on any atom is 0.344 e. The number of Topliss-reactive ketones (excluding diaryl/α,β-unsaturated/α-hetero) is 1. The highest BCUT2D eigenvalue weighted by molar-refractivity contribution is 6.30. The summed E-state index contributed by atoms with van der Waals surface area (Å²) in [7, 11) is 0. The van der Waals surface area contributed by atoms with Crippen LogP contribution in [0.25, 0.3) is 0 Å². The lowest BCUT2D eigenvalue weighted by atomic mass is 10.1. The number of carbonyl (C=O) groups is 3. The van der Waals surface area contributed by atoms with E-state index in [0.29, 0.717) is 22.0 Å². The average molecular weight is 376 g/mol. The lowest BCUT2D eigenvalue weighted by Crippen LogP contribution is -2.31. The van der Waals surface area contributed by atoms with Crippen molar-refractivity contribution in [3.05, 3.63) is 59.1 Å². The number of esters is 1. The van der Waals surface area contributed by atoms with Gasteiger partial charge in [-0.3, -0.25) is 9.59 Å². The summed E-state index contributed by atoms with van der Waals surface area (Å²) in [4.78, 5) is 35.2. The van der Waals surface area contributed by atoms with E-state index in [1.807, 2.05) is 0 Å². The summed E-state index contributed by atoms with van der Waals surface area (Å²) >= 11 is 5.78. The molecule has 26 heavy (non-hydrogen) atoms. The van der Waals surface area contributed by atoms with Gasteiger partial charge in [0.15, 0.2) is 18.5 Å². The van der Waals surface area contributed by atoms with Crippen LogP contribution in [0.1, 0.15) is 24.2 Å². The van der Waals surface area contributed by atoms with Crippen molar-refractivity contribution < 1.29 is 23.9 Å². The molecule has 0 radical (unpaired) electrons. The molecular weight excluding hydrogens is 358 g/mol. The molecule has 0 aliphatic carbocycles. The number of rotatable bonds is 7. The first-order valence-electron chi connectivity index (χ1n) is 7.85. The number of ether oxygens (including phenoxy) is 2. The van der Waals surface area contributed by atoms with Crippen LogP contribution in [0, 0.1) is 0 Å². The Bertz CT molecular complexity index is 804. The molecule has 0 bridgehead atoms.